The molecule has 0 aliphatic rings. The lowest BCUT2D eigenvalue weighted by molar-refractivity contribution is -0.384. The molecule has 0 saturated heterocycles. The Kier molecular flexibility index (Phi) is 5.81. The number of halogens is 2. The predicted octanol–water partition coefficient (Wildman–Crippen LogP) is 3.00. The molecule has 6 nitrogen and oxygen atoms in total. The largest absolute Gasteiger partial charge is 0.476 e. The lowest BCUT2D eigenvalue weighted by Crippen LogP contribution is -2.00. The first-order chi connectivity index (χ1) is 10.2. The highest BCUT2D eigenvalue weighted by atomic mass is 32.3. The molecule has 0 radical (unpaired) electrons. The third kappa shape index (κ3) is 6.18. The second kappa shape index (κ2) is 7.36. The molecule has 0 bridgehead atoms. The summed E-state index contributed by atoms with van der Waals surface area (Å²) in [5.74, 6) is -0.138. The molecule has 0 spiro atoms. The lowest BCUT2D eigenvalue weighted by atomic mass is 10.0. The number of carbonyl (C=O) groups is 1. The van der Waals surface area contributed by atoms with Gasteiger partial charge in [0.2, 0.25) is 0 Å². The second-order valence-corrected chi connectivity index (χ2v) is 4.63. The van der Waals surface area contributed by atoms with E-state index < -0.39 is 15.5 Å². The van der Waals surface area contributed by atoms with Crippen molar-refractivity contribution in [3.8, 4) is 0 Å². The molecule has 0 atom stereocenters. The maximum Gasteiger partial charge on any atom is 0.476 e. The molecule has 22 heavy (non-hydrogen) atoms. The lowest BCUT2D eigenvalue weighted by Gasteiger charge is -2.00. The Morgan fingerprint density at radius 3 is 1.73 bits per heavy atom. The van der Waals surface area contributed by atoms with E-state index in [0.29, 0.717) is 11.1 Å². The van der Waals surface area contributed by atoms with Crippen molar-refractivity contribution in [2.45, 2.75) is 0 Å². The number of nitrogens with zero attached hydrogens (tertiary/aromatic N) is 1. The number of nitro benzene ring substituents is 1. The summed E-state index contributed by atoms with van der Waals surface area (Å²) in [5, 5.41) is 10.5. The molecule has 0 fully saturated rings. The fourth-order valence-electron chi connectivity index (χ4n) is 1.49. The van der Waals surface area contributed by atoms with Crippen LogP contribution < -0.4 is 0 Å². The van der Waals surface area contributed by atoms with Crippen LogP contribution in [0, 0.1) is 10.1 Å². The summed E-state index contributed by atoms with van der Waals surface area (Å²) < 4.78 is 36.6. The van der Waals surface area contributed by atoms with Crippen LogP contribution in [0.4, 0.5) is 13.5 Å². The fraction of sp³-hybridized carbons (Fsp3) is 0. The SMILES string of the molecule is O=C(c1ccccc1)c1ccc([N+](=O)[O-])cc1.O=S(=O)(F)F. The van der Waals surface area contributed by atoms with Crippen molar-refractivity contribution in [3.63, 3.8) is 0 Å². The summed E-state index contributed by atoms with van der Waals surface area (Å²) in [5.41, 5.74) is 0.998. The van der Waals surface area contributed by atoms with Gasteiger partial charge in [-0.1, -0.05) is 38.1 Å². The highest BCUT2D eigenvalue weighted by molar-refractivity contribution is 7.81. The molecule has 2 aromatic rings. The zero-order valence-corrected chi connectivity index (χ0v) is 11.7. The van der Waals surface area contributed by atoms with E-state index in [4.69, 9.17) is 8.42 Å². The van der Waals surface area contributed by atoms with Crippen molar-refractivity contribution >= 4 is 22.1 Å². The van der Waals surface area contributed by atoms with Crippen LogP contribution in [0.5, 0.6) is 0 Å². The van der Waals surface area contributed by atoms with Gasteiger partial charge < -0.3 is 0 Å². The van der Waals surface area contributed by atoms with Gasteiger partial charge in [-0.3, -0.25) is 14.9 Å². The predicted molar refractivity (Wildman–Crippen MR) is 74.1 cm³/mol. The average molecular weight is 329 g/mol. The monoisotopic (exact) mass is 329 g/mol. The number of ketones is 1. The Balaban J connectivity index is 0.000000422. The van der Waals surface area contributed by atoms with Gasteiger partial charge in [-0.2, -0.15) is 8.42 Å². The van der Waals surface area contributed by atoms with Crippen LogP contribution in [-0.2, 0) is 10.6 Å². The van der Waals surface area contributed by atoms with Gasteiger partial charge in [-0.15, -0.1) is 0 Å². The Labute approximate surface area is 124 Å². The highest BCUT2D eigenvalue weighted by Crippen LogP contribution is 2.15. The quantitative estimate of drug-likeness (QED) is 0.373. The van der Waals surface area contributed by atoms with E-state index in [9.17, 15) is 22.7 Å². The van der Waals surface area contributed by atoms with E-state index >= 15 is 0 Å². The van der Waals surface area contributed by atoms with Gasteiger partial charge in [-0.25, -0.2) is 0 Å². The number of rotatable bonds is 3. The van der Waals surface area contributed by atoms with Crippen LogP contribution in [0.15, 0.2) is 54.6 Å². The normalized spacial score (nSPS) is 10.3. The summed E-state index contributed by atoms with van der Waals surface area (Å²) in [6.45, 7) is 0. The molecule has 0 saturated carbocycles. The van der Waals surface area contributed by atoms with Gasteiger partial charge in [0.25, 0.3) is 5.69 Å². The molecule has 2 aromatic carbocycles. The van der Waals surface area contributed by atoms with Gasteiger partial charge in [-0.05, 0) is 12.1 Å². The summed E-state index contributed by atoms with van der Waals surface area (Å²) in [7, 11) is -5.67. The van der Waals surface area contributed by atoms with E-state index in [1.54, 1.807) is 24.3 Å². The zero-order chi connectivity index (χ0) is 16.8. The number of carbonyl (C=O) groups excluding carboxylic acids is 1. The first kappa shape index (κ1) is 17.4. The molecule has 9 heteroatoms. The Bertz CT molecular complexity index is 753. The number of nitro groups is 1. The number of hydrogen-bond donors (Lipinski definition) is 0. The molecule has 0 aromatic heterocycles. The van der Waals surface area contributed by atoms with Crippen molar-refractivity contribution < 1.29 is 25.9 Å². The van der Waals surface area contributed by atoms with Crippen LogP contribution in [0.25, 0.3) is 0 Å². The van der Waals surface area contributed by atoms with Crippen LogP contribution in [0.1, 0.15) is 15.9 Å². The third-order valence-electron chi connectivity index (χ3n) is 2.38. The van der Waals surface area contributed by atoms with E-state index in [-0.39, 0.29) is 11.5 Å². The zero-order valence-electron chi connectivity index (χ0n) is 10.8. The van der Waals surface area contributed by atoms with Gasteiger partial charge in [0.15, 0.2) is 5.78 Å². The highest BCUT2D eigenvalue weighted by Gasteiger charge is 2.10. The van der Waals surface area contributed by atoms with E-state index in [1.165, 1.54) is 24.3 Å². The molecule has 2 rings (SSSR count). The number of benzene rings is 2. The van der Waals surface area contributed by atoms with E-state index in [0.717, 1.165) is 0 Å². The molecular formula is C13H9F2NO5S. The van der Waals surface area contributed by atoms with Crippen LogP contribution in [0.3, 0.4) is 0 Å². The maximum absolute atomic E-state index is 12.0. The molecule has 0 N–H and O–H groups in total. The van der Waals surface area contributed by atoms with Crippen LogP contribution in [-0.4, -0.2) is 19.1 Å². The van der Waals surface area contributed by atoms with Gasteiger partial charge >= 0.3 is 10.6 Å². The summed E-state index contributed by atoms with van der Waals surface area (Å²) in [4.78, 5) is 21.9. The van der Waals surface area contributed by atoms with Crippen LogP contribution in [0.2, 0.25) is 0 Å². The minimum absolute atomic E-state index is 0.0189. The Morgan fingerprint density at radius 2 is 1.32 bits per heavy atom. The summed E-state index contributed by atoms with van der Waals surface area (Å²) >= 11 is 0. The first-order valence-corrected chi connectivity index (χ1v) is 6.95. The molecule has 0 aliphatic heterocycles. The topological polar surface area (TPSA) is 94.3 Å². The smallest absolute Gasteiger partial charge is 0.289 e. The molecule has 0 heterocycles. The standard InChI is InChI=1S/C13H9NO3.F2O2S/c15-13(10-4-2-1-3-5-10)11-6-8-12(9-7-11)14(16)17;1-5(2,3)4/h1-9H;. The van der Waals surface area contributed by atoms with Crippen molar-refractivity contribution in [1.82, 2.24) is 0 Å². The minimum atomic E-state index is -5.67. The Morgan fingerprint density at radius 1 is 0.909 bits per heavy atom. The first-order valence-electron chi connectivity index (χ1n) is 5.67. The average Bonchev–Trinajstić information content (AvgIpc) is 2.46. The van der Waals surface area contributed by atoms with Gasteiger partial charge in [0.05, 0.1) is 4.92 Å². The molecule has 116 valence electrons. The molecule has 0 unspecified atom stereocenters. The minimum Gasteiger partial charge on any atom is -0.289 e. The molecule has 0 aliphatic carbocycles. The number of hydrogen-bond acceptors (Lipinski definition) is 5. The van der Waals surface area contributed by atoms with Gasteiger partial charge in [0.1, 0.15) is 0 Å². The third-order valence-corrected chi connectivity index (χ3v) is 2.38. The summed E-state index contributed by atoms with van der Waals surface area (Å²) in [6.07, 6.45) is 0. The van der Waals surface area contributed by atoms with Crippen molar-refractivity contribution in [2.24, 2.45) is 0 Å². The van der Waals surface area contributed by atoms with Crippen molar-refractivity contribution in [2.75, 3.05) is 0 Å². The molecule has 0 amide bonds. The maximum atomic E-state index is 12.0. The second-order valence-electron chi connectivity index (χ2n) is 3.88. The van der Waals surface area contributed by atoms with Crippen LogP contribution >= 0.6 is 0 Å². The summed E-state index contributed by atoms with van der Waals surface area (Å²) in [6, 6.07) is 14.4. The van der Waals surface area contributed by atoms with Crippen molar-refractivity contribution in [1.29, 1.82) is 0 Å². The van der Waals surface area contributed by atoms with Gasteiger partial charge in [0, 0.05) is 23.3 Å². The fourth-order valence-corrected chi connectivity index (χ4v) is 1.49. The van der Waals surface area contributed by atoms with E-state index in [1.807, 2.05) is 6.07 Å². The van der Waals surface area contributed by atoms with Crippen molar-refractivity contribution in [3.05, 3.63) is 75.8 Å². The Hall–Kier alpha value is -2.68. The number of non-ortho nitro benzene ring substituents is 1. The van der Waals surface area contributed by atoms with E-state index in [2.05, 4.69) is 0 Å². The molecular weight excluding hydrogens is 320 g/mol.